The first kappa shape index (κ1) is 20.1. The van der Waals surface area contributed by atoms with E-state index in [1.54, 1.807) is 12.1 Å². The molecule has 3 aromatic rings. The quantitative estimate of drug-likeness (QED) is 0.488. The van der Waals surface area contributed by atoms with Crippen LogP contribution in [0.25, 0.3) is 11.3 Å². The summed E-state index contributed by atoms with van der Waals surface area (Å²) in [6.45, 7) is 10.7. The third kappa shape index (κ3) is 4.09. The van der Waals surface area contributed by atoms with Gasteiger partial charge in [-0.05, 0) is 74.1 Å². The van der Waals surface area contributed by atoms with Gasteiger partial charge in [0.15, 0.2) is 11.6 Å². The number of pyridine rings is 1. The van der Waals surface area contributed by atoms with Gasteiger partial charge in [0.1, 0.15) is 6.61 Å². The molecule has 146 valence electrons. The fourth-order valence-electron chi connectivity index (χ4n) is 3.65. The van der Waals surface area contributed by atoms with Gasteiger partial charge in [0.2, 0.25) is 0 Å². The molecule has 0 fully saturated rings. The third-order valence-corrected chi connectivity index (χ3v) is 5.27. The Hall–Kier alpha value is -2.68. The molecule has 0 atom stereocenters. The molecule has 2 nitrogen and oxygen atoms in total. The summed E-state index contributed by atoms with van der Waals surface area (Å²) in [7, 11) is 0. The summed E-state index contributed by atoms with van der Waals surface area (Å²) in [6, 6.07) is 13.5. The Morgan fingerprint density at radius 3 is 2.21 bits per heavy atom. The molecule has 1 aromatic heterocycles. The van der Waals surface area contributed by atoms with Crippen LogP contribution in [0.3, 0.4) is 0 Å². The summed E-state index contributed by atoms with van der Waals surface area (Å²) in [4.78, 5) is 4.90. The highest BCUT2D eigenvalue weighted by Gasteiger charge is 2.15. The van der Waals surface area contributed by atoms with Gasteiger partial charge in [-0.25, -0.2) is 4.39 Å². The second kappa shape index (κ2) is 8.55. The van der Waals surface area contributed by atoms with Crippen molar-refractivity contribution in [3.8, 4) is 17.0 Å². The van der Waals surface area contributed by atoms with Crippen LogP contribution in [-0.4, -0.2) is 4.98 Å². The van der Waals surface area contributed by atoms with E-state index in [0.717, 1.165) is 40.9 Å². The van der Waals surface area contributed by atoms with Gasteiger partial charge < -0.3 is 4.74 Å². The van der Waals surface area contributed by atoms with Gasteiger partial charge in [0.05, 0.1) is 5.69 Å². The normalized spacial score (nSPS) is 10.9. The van der Waals surface area contributed by atoms with Crippen LogP contribution in [0.1, 0.15) is 47.4 Å². The monoisotopic (exact) mass is 377 g/mol. The van der Waals surface area contributed by atoms with Crippen molar-refractivity contribution < 1.29 is 9.13 Å². The van der Waals surface area contributed by atoms with Crippen molar-refractivity contribution in [3.05, 3.63) is 81.8 Å². The molecule has 3 rings (SSSR count). The molecule has 0 unspecified atom stereocenters. The van der Waals surface area contributed by atoms with E-state index >= 15 is 0 Å². The molecule has 0 bridgehead atoms. The minimum Gasteiger partial charge on any atom is -0.486 e. The number of benzene rings is 2. The van der Waals surface area contributed by atoms with Crippen molar-refractivity contribution >= 4 is 0 Å². The average Bonchev–Trinajstić information content (AvgIpc) is 2.68. The SMILES string of the molecule is CCc1cccc(CC)c1-c1cc(C)c(COc2cc(C)ccc2F)c(C)n1. The van der Waals surface area contributed by atoms with E-state index in [-0.39, 0.29) is 11.6 Å². The lowest BCUT2D eigenvalue weighted by molar-refractivity contribution is 0.288. The summed E-state index contributed by atoms with van der Waals surface area (Å²) >= 11 is 0. The van der Waals surface area contributed by atoms with Crippen LogP contribution < -0.4 is 4.74 Å². The molecular weight excluding hydrogens is 349 g/mol. The van der Waals surface area contributed by atoms with E-state index in [0.29, 0.717) is 6.61 Å². The lowest BCUT2D eigenvalue weighted by atomic mass is 9.93. The van der Waals surface area contributed by atoms with Gasteiger partial charge in [-0.1, -0.05) is 38.1 Å². The molecule has 3 heteroatoms. The first-order valence-electron chi connectivity index (χ1n) is 9.91. The maximum Gasteiger partial charge on any atom is 0.165 e. The summed E-state index contributed by atoms with van der Waals surface area (Å²) in [5.41, 5.74) is 8.91. The molecule has 0 spiro atoms. The first-order valence-corrected chi connectivity index (χ1v) is 9.91. The van der Waals surface area contributed by atoms with Gasteiger partial charge in [-0.15, -0.1) is 0 Å². The van der Waals surface area contributed by atoms with Crippen LogP contribution in [0.5, 0.6) is 5.75 Å². The molecule has 0 aliphatic carbocycles. The Kier molecular flexibility index (Phi) is 6.13. The van der Waals surface area contributed by atoms with E-state index in [1.165, 1.54) is 22.8 Å². The highest BCUT2D eigenvalue weighted by molar-refractivity contribution is 5.69. The number of aryl methyl sites for hydroxylation is 5. The number of ether oxygens (including phenoxy) is 1. The Bertz CT molecular complexity index is 949. The number of nitrogens with zero attached hydrogens (tertiary/aromatic N) is 1. The van der Waals surface area contributed by atoms with Crippen molar-refractivity contribution in [3.63, 3.8) is 0 Å². The molecule has 0 aliphatic rings. The lowest BCUT2D eigenvalue weighted by Crippen LogP contribution is -2.06. The van der Waals surface area contributed by atoms with Crippen LogP contribution in [0, 0.1) is 26.6 Å². The molecule has 0 saturated heterocycles. The molecule has 0 amide bonds. The van der Waals surface area contributed by atoms with E-state index in [2.05, 4.69) is 45.0 Å². The predicted molar refractivity (Wildman–Crippen MR) is 113 cm³/mol. The van der Waals surface area contributed by atoms with Crippen molar-refractivity contribution in [2.24, 2.45) is 0 Å². The summed E-state index contributed by atoms with van der Waals surface area (Å²) in [6.07, 6.45) is 1.95. The fourth-order valence-corrected chi connectivity index (χ4v) is 3.65. The van der Waals surface area contributed by atoms with Gasteiger partial charge in [0.25, 0.3) is 0 Å². The zero-order valence-electron chi connectivity index (χ0n) is 17.4. The standard InChI is InChI=1S/C25H28FNO/c1-6-19-9-8-10-20(7-2)25(19)23-14-17(4)21(18(5)27-23)15-28-24-13-16(3)11-12-22(24)26/h8-14H,6-7,15H2,1-5H3. The number of hydrogen-bond donors (Lipinski definition) is 0. The van der Waals surface area contributed by atoms with Crippen LogP contribution in [0.15, 0.2) is 42.5 Å². The molecule has 1 heterocycles. The highest BCUT2D eigenvalue weighted by atomic mass is 19.1. The second-order valence-corrected chi connectivity index (χ2v) is 7.27. The molecule has 0 saturated carbocycles. The molecule has 0 radical (unpaired) electrons. The highest BCUT2D eigenvalue weighted by Crippen LogP contribution is 2.30. The molecule has 0 aliphatic heterocycles. The Morgan fingerprint density at radius 2 is 1.61 bits per heavy atom. The molecular formula is C25H28FNO. The van der Waals surface area contributed by atoms with Crippen LogP contribution >= 0.6 is 0 Å². The number of rotatable bonds is 6. The van der Waals surface area contributed by atoms with Gasteiger partial charge >= 0.3 is 0 Å². The van der Waals surface area contributed by atoms with Crippen molar-refractivity contribution in [2.75, 3.05) is 0 Å². The Balaban J connectivity index is 1.95. The zero-order chi connectivity index (χ0) is 20.3. The van der Waals surface area contributed by atoms with Crippen molar-refractivity contribution in [2.45, 2.75) is 54.1 Å². The van der Waals surface area contributed by atoms with Crippen molar-refractivity contribution in [1.29, 1.82) is 0 Å². The summed E-state index contributed by atoms with van der Waals surface area (Å²) in [5, 5.41) is 0. The first-order chi connectivity index (χ1) is 13.4. The molecule has 0 N–H and O–H groups in total. The number of hydrogen-bond acceptors (Lipinski definition) is 2. The lowest BCUT2D eigenvalue weighted by Gasteiger charge is -2.17. The minimum absolute atomic E-state index is 0.285. The molecule has 28 heavy (non-hydrogen) atoms. The Morgan fingerprint density at radius 1 is 0.929 bits per heavy atom. The Labute approximate surface area is 167 Å². The van der Waals surface area contributed by atoms with Gasteiger partial charge in [-0.3, -0.25) is 4.98 Å². The largest absolute Gasteiger partial charge is 0.486 e. The van der Waals surface area contributed by atoms with Crippen LogP contribution in [0.2, 0.25) is 0 Å². The fraction of sp³-hybridized carbons (Fsp3) is 0.320. The smallest absolute Gasteiger partial charge is 0.165 e. The van der Waals surface area contributed by atoms with Crippen LogP contribution in [-0.2, 0) is 19.4 Å². The van der Waals surface area contributed by atoms with Crippen molar-refractivity contribution in [1.82, 2.24) is 4.98 Å². The van der Waals surface area contributed by atoms with Crippen LogP contribution in [0.4, 0.5) is 4.39 Å². The summed E-state index contributed by atoms with van der Waals surface area (Å²) in [5.74, 6) is -0.0533. The predicted octanol–water partition coefficient (Wildman–Crippen LogP) is 6.52. The number of aromatic nitrogens is 1. The summed E-state index contributed by atoms with van der Waals surface area (Å²) < 4.78 is 19.8. The number of halogens is 1. The maximum atomic E-state index is 14.0. The van der Waals surface area contributed by atoms with E-state index in [9.17, 15) is 4.39 Å². The van der Waals surface area contributed by atoms with Gasteiger partial charge in [-0.2, -0.15) is 0 Å². The van der Waals surface area contributed by atoms with E-state index in [1.807, 2.05) is 13.8 Å². The average molecular weight is 378 g/mol. The molecule has 2 aromatic carbocycles. The third-order valence-electron chi connectivity index (χ3n) is 5.27. The zero-order valence-corrected chi connectivity index (χ0v) is 17.4. The van der Waals surface area contributed by atoms with E-state index < -0.39 is 0 Å². The maximum absolute atomic E-state index is 14.0. The minimum atomic E-state index is -0.338. The van der Waals surface area contributed by atoms with Gasteiger partial charge in [0, 0.05) is 16.8 Å². The van der Waals surface area contributed by atoms with E-state index in [4.69, 9.17) is 9.72 Å². The second-order valence-electron chi connectivity index (χ2n) is 7.27. The topological polar surface area (TPSA) is 22.1 Å².